The maximum atomic E-state index is 9.84. The van der Waals surface area contributed by atoms with Crippen molar-refractivity contribution >= 4 is 23.2 Å². The number of rotatable bonds is 1. The summed E-state index contributed by atoms with van der Waals surface area (Å²) in [5, 5.41) is 10.7. The summed E-state index contributed by atoms with van der Waals surface area (Å²) in [5.74, 6) is 0. The summed E-state index contributed by atoms with van der Waals surface area (Å²) >= 11 is 11.5. The van der Waals surface area contributed by atoms with Crippen LogP contribution >= 0.6 is 23.2 Å². The molecule has 1 saturated heterocycles. The van der Waals surface area contributed by atoms with Crippen LogP contribution < -0.4 is 0 Å². The van der Waals surface area contributed by atoms with E-state index in [4.69, 9.17) is 27.9 Å². The third kappa shape index (κ3) is 1.53. The van der Waals surface area contributed by atoms with E-state index in [1.807, 2.05) is 0 Å². The summed E-state index contributed by atoms with van der Waals surface area (Å²) in [5.41, 5.74) is -0.591. The van der Waals surface area contributed by atoms with Gasteiger partial charge >= 0.3 is 0 Å². The minimum atomic E-state index is -1.03. The molecule has 0 aromatic carbocycles. The molecule has 0 bridgehead atoms. The van der Waals surface area contributed by atoms with Crippen LogP contribution in [0.1, 0.15) is 5.69 Å². The summed E-state index contributed by atoms with van der Waals surface area (Å²) in [6, 6.07) is 1.56. The van der Waals surface area contributed by atoms with Crippen molar-refractivity contribution in [2.75, 3.05) is 13.2 Å². The second-order valence-corrected chi connectivity index (χ2v) is 3.85. The predicted molar refractivity (Wildman–Crippen MR) is 49.0 cm³/mol. The van der Waals surface area contributed by atoms with Gasteiger partial charge in [-0.15, -0.1) is 0 Å². The van der Waals surface area contributed by atoms with Gasteiger partial charge in [0, 0.05) is 6.20 Å². The highest BCUT2D eigenvalue weighted by Crippen LogP contribution is 2.33. The molecule has 70 valence electrons. The van der Waals surface area contributed by atoms with Gasteiger partial charge in [0.15, 0.2) is 5.60 Å². The van der Waals surface area contributed by atoms with E-state index in [1.165, 1.54) is 6.20 Å². The highest BCUT2D eigenvalue weighted by Gasteiger charge is 2.41. The Hall–Kier alpha value is -0.350. The molecule has 0 unspecified atom stereocenters. The van der Waals surface area contributed by atoms with Gasteiger partial charge in [0.2, 0.25) is 0 Å². The molecule has 1 aliphatic heterocycles. The summed E-state index contributed by atoms with van der Waals surface area (Å²) in [6.07, 6.45) is 1.46. The van der Waals surface area contributed by atoms with Gasteiger partial charge < -0.3 is 9.84 Å². The van der Waals surface area contributed by atoms with Crippen molar-refractivity contribution in [3.8, 4) is 0 Å². The van der Waals surface area contributed by atoms with Crippen LogP contribution in [-0.4, -0.2) is 23.3 Å². The number of halogens is 2. The average Bonchev–Trinajstić information content (AvgIpc) is 2.00. The first-order chi connectivity index (χ1) is 6.12. The Bertz CT molecular complexity index is 339. The quantitative estimate of drug-likeness (QED) is 0.781. The Morgan fingerprint density at radius 3 is 2.62 bits per heavy atom. The molecule has 1 aromatic heterocycles. The van der Waals surface area contributed by atoms with Crippen molar-refractivity contribution in [3.63, 3.8) is 0 Å². The first-order valence-corrected chi connectivity index (χ1v) is 4.49. The van der Waals surface area contributed by atoms with Crippen LogP contribution in [-0.2, 0) is 10.3 Å². The Kier molecular flexibility index (Phi) is 2.20. The molecular formula is C8H7Cl2NO2. The molecule has 0 atom stereocenters. The Morgan fingerprint density at radius 2 is 2.15 bits per heavy atom. The third-order valence-electron chi connectivity index (χ3n) is 1.93. The molecule has 1 N–H and O–H groups in total. The van der Waals surface area contributed by atoms with E-state index in [0.29, 0.717) is 15.7 Å². The van der Waals surface area contributed by atoms with Gasteiger partial charge in [-0.25, -0.2) is 0 Å². The van der Waals surface area contributed by atoms with Crippen LogP contribution in [0.4, 0.5) is 0 Å². The van der Waals surface area contributed by atoms with E-state index in [9.17, 15) is 5.11 Å². The highest BCUT2D eigenvalue weighted by atomic mass is 35.5. The second kappa shape index (κ2) is 3.10. The number of hydrogen-bond acceptors (Lipinski definition) is 3. The molecule has 1 aliphatic rings. The van der Waals surface area contributed by atoms with Crippen molar-refractivity contribution in [1.82, 2.24) is 4.98 Å². The van der Waals surface area contributed by atoms with E-state index in [1.54, 1.807) is 6.07 Å². The number of ether oxygens (including phenoxy) is 1. The number of aliphatic hydroxyl groups is 1. The first-order valence-electron chi connectivity index (χ1n) is 3.73. The van der Waals surface area contributed by atoms with E-state index >= 15 is 0 Å². The fourth-order valence-corrected chi connectivity index (χ4v) is 1.75. The number of nitrogens with zero attached hydrogens (tertiary/aromatic N) is 1. The molecule has 3 nitrogen and oxygen atoms in total. The zero-order valence-electron chi connectivity index (χ0n) is 6.63. The van der Waals surface area contributed by atoms with Crippen LogP contribution in [0, 0.1) is 0 Å². The first kappa shape index (κ1) is 9.21. The average molecular weight is 220 g/mol. The largest absolute Gasteiger partial charge is 0.379 e. The minimum Gasteiger partial charge on any atom is -0.379 e. The van der Waals surface area contributed by atoms with Gasteiger partial charge in [0.25, 0.3) is 0 Å². The van der Waals surface area contributed by atoms with Gasteiger partial charge in [0.05, 0.1) is 29.0 Å². The highest BCUT2D eigenvalue weighted by molar-refractivity contribution is 6.34. The molecule has 5 heteroatoms. The molecular weight excluding hydrogens is 213 g/mol. The number of hydrogen-bond donors (Lipinski definition) is 1. The van der Waals surface area contributed by atoms with Crippen molar-refractivity contribution in [2.24, 2.45) is 0 Å². The lowest BCUT2D eigenvalue weighted by Crippen LogP contribution is -2.47. The van der Waals surface area contributed by atoms with E-state index in [0.717, 1.165) is 0 Å². The van der Waals surface area contributed by atoms with Crippen LogP contribution in [0.5, 0.6) is 0 Å². The van der Waals surface area contributed by atoms with E-state index < -0.39 is 5.60 Å². The van der Waals surface area contributed by atoms with Gasteiger partial charge in [-0.1, -0.05) is 23.2 Å². The molecule has 0 saturated carbocycles. The maximum absolute atomic E-state index is 9.84. The lowest BCUT2D eigenvalue weighted by molar-refractivity contribution is -0.186. The van der Waals surface area contributed by atoms with Crippen molar-refractivity contribution in [2.45, 2.75) is 5.60 Å². The number of pyridine rings is 1. The van der Waals surface area contributed by atoms with Crippen molar-refractivity contribution < 1.29 is 9.84 Å². The smallest absolute Gasteiger partial charge is 0.154 e. The molecule has 0 radical (unpaired) electrons. The van der Waals surface area contributed by atoms with Crippen molar-refractivity contribution in [1.29, 1.82) is 0 Å². The normalized spacial score (nSPS) is 19.6. The fraction of sp³-hybridized carbons (Fsp3) is 0.375. The summed E-state index contributed by atoms with van der Waals surface area (Å²) in [7, 11) is 0. The summed E-state index contributed by atoms with van der Waals surface area (Å²) in [6.45, 7) is 0.475. The summed E-state index contributed by atoms with van der Waals surface area (Å²) in [4.78, 5) is 3.98. The SMILES string of the molecule is OC1(c2ncc(Cl)cc2Cl)COC1. The van der Waals surface area contributed by atoms with Crippen LogP contribution in [0.3, 0.4) is 0 Å². The Morgan fingerprint density at radius 1 is 1.46 bits per heavy atom. The maximum Gasteiger partial charge on any atom is 0.154 e. The zero-order valence-corrected chi connectivity index (χ0v) is 8.14. The third-order valence-corrected chi connectivity index (χ3v) is 2.43. The molecule has 0 spiro atoms. The molecule has 1 aromatic rings. The second-order valence-electron chi connectivity index (χ2n) is 3.01. The Balaban J connectivity index is 2.40. The minimum absolute atomic E-state index is 0.237. The topological polar surface area (TPSA) is 42.4 Å². The van der Waals surface area contributed by atoms with Crippen molar-refractivity contribution in [3.05, 3.63) is 28.0 Å². The monoisotopic (exact) mass is 219 g/mol. The standard InChI is InChI=1S/C8H7Cl2NO2/c9-5-1-6(10)7(11-2-5)8(12)3-13-4-8/h1-2,12H,3-4H2. The van der Waals surface area contributed by atoms with Gasteiger partial charge in [-0.3, -0.25) is 4.98 Å². The van der Waals surface area contributed by atoms with E-state index in [2.05, 4.69) is 4.98 Å². The van der Waals surface area contributed by atoms with Crippen LogP contribution in [0.15, 0.2) is 12.3 Å². The lowest BCUT2D eigenvalue weighted by Gasteiger charge is -2.36. The molecule has 2 rings (SSSR count). The Labute approximate surface area is 85.3 Å². The fourth-order valence-electron chi connectivity index (χ4n) is 1.19. The molecule has 0 aliphatic carbocycles. The zero-order chi connectivity index (χ0) is 9.47. The van der Waals surface area contributed by atoms with Gasteiger partial charge in [-0.2, -0.15) is 0 Å². The lowest BCUT2D eigenvalue weighted by atomic mass is 9.97. The van der Waals surface area contributed by atoms with Crippen LogP contribution in [0.2, 0.25) is 10.0 Å². The molecule has 1 fully saturated rings. The van der Waals surface area contributed by atoms with E-state index in [-0.39, 0.29) is 13.2 Å². The molecule has 13 heavy (non-hydrogen) atoms. The van der Waals surface area contributed by atoms with Gasteiger partial charge in [0.1, 0.15) is 0 Å². The summed E-state index contributed by atoms with van der Waals surface area (Å²) < 4.78 is 4.90. The van der Waals surface area contributed by atoms with Gasteiger partial charge in [-0.05, 0) is 6.07 Å². The molecule has 0 amide bonds. The molecule has 2 heterocycles. The predicted octanol–water partition coefficient (Wildman–Crippen LogP) is 1.61. The number of aromatic nitrogens is 1. The van der Waals surface area contributed by atoms with Crippen LogP contribution in [0.25, 0.3) is 0 Å².